The van der Waals surface area contributed by atoms with E-state index >= 15 is 0 Å². The molecule has 1 N–H and O–H groups in total. The summed E-state index contributed by atoms with van der Waals surface area (Å²) in [4.78, 5) is 11.7. The van der Waals surface area contributed by atoms with Gasteiger partial charge in [0, 0.05) is 13.1 Å². The van der Waals surface area contributed by atoms with Gasteiger partial charge in [0.1, 0.15) is 0 Å². The van der Waals surface area contributed by atoms with Gasteiger partial charge >= 0.3 is 0 Å². The lowest BCUT2D eigenvalue weighted by Gasteiger charge is -2.24. The summed E-state index contributed by atoms with van der Waals surface area (Å²) in [5.41, 5.74) is 0.449. The number of rotatable bonds is 5. The van der Waals surface area contributed by atoms with E-state index in [2.05, 4.69) is 15.6 Å². The van der Waals surface area contributed by atoms with Gasteiger partial charge in [0.15, 0.2) is 5.69 Å². The summed E-state index contributed by atoms with van der Waals surface area (Å²) in [5, 5.41) is 10.8. The number of carbonyl (C=O) groups is 1. The third-order valence-corrected chi connectivity index (χ3v) is 3.69. The molecule has 0 saturated heterocycles. The molecule has 3 rings (SSSR count). The molecular formula is C12H18N4O. The molecule has 0 aromatic carbocycles. The minimum atomic E-state index is -0.0863. The number of aromatic nitrogens is 3. The highest BCUT2D eigenvalue weighted by molar-refractivity contribution is 5.91. The largest absolute Gasteiger partial charge is 0.350 e. The first kappa shape index (κ1) is 10.7. The molecule has 2 saturated carbocycles. The first-order chi connectivity index (χ1) is 8.31. The fraction of sp³-hybridized carbons (Fsp3) is 0.750. The van der Waals surface area contributed by atoms with Crippen LogP contribution in [0.3, 0.4) is 0 Å². The fourth-order valence-corrected chi connectivity index (χ4v) is 2.08. The lowest BCUT2D eigenvalue weighted by molar-refractivity contribution is 0.0946. The number of amides is 1. The fourth-order valence-electron chi connectivity index (χ4n) is 2.08. The summed E-state index contributed by atoms with van der Waals surface area (Å²) in [6.45, 7) is 1.69. The van der Waals surface area contributed by atoms with Crippen LogP contribution in [0.15, 0.2) is 6.20 Å². The van der Waals surface area contributed by atoms with Gasteiger partial charge in [-0.2, -0.15) is 0 Å². The highest BCUT2D eigenvalue weighted by atomic mass is 16.2. The molecule has 2 fully saturated rings. The molecule has 1 aromatic heterocycles. The van der Waals surface area contributed by atoms with E-state index in [-0.39, 0.29) is 5.91 Å². The number of hydrogen-bond donors (Lipinski definition) is 1. The Kier molecular flexibility index (Phi) is 2.82. The van der Waals surface area contributed by atoms with Crippen LogP contribution in [0.5, 0.6) is 0 Å². The smallest absolute Gasteiger partial charge is 0.273 e. The molecule has 1 aromatic rings. The zero-order valence-electron chi connectivity index (χ0n) is 9.93. The van der Waals surface area contributed by atoms with Crippen LogP contribution in [0.1, 0.15) is 42.6 Å². The van der Waals surface area contributed by atoms with Gasteiger partial charge in [0.05, 0.1) is 6.20 Å². The molecule has 1 heterocycles. The quantitative estimate of drug-likeness (QED) is 0.833. The number of carbonyl (C=O) groups excluding carboxylic acids is 1. The maximum Gasteiger partial charge on any atom is 0.273 e. The second kappa shape index (κ2) is 4.47. The lowest BCUT2D eigenvalue weighted by atomic mass is 9.85. The third-order valence-electron chi connectivity index (χ3n) is 3.69. The molecule has 2 aliphatic carbocycles. The van der Waals surface area contributed by atoms with E-state index in [4.69, 9.17) is 0 Å². The highest BCUT2D eigenvalue weighted by Crippen LogP contribution is 2.28. The summed E-state index contributed by atoms with van der Waals surface area (Å²) >= 11 is 0. The molecule has 0 radical (unpaired) electrons. The predicted octanol–water partition coefficient (Wildman–Crippen LogP) is 1.22. The van der Waals surface area contributed by atoms with Crippen LogP contribution in [-0.2, 0) is 6.54 Å². The van der Waals surface area contributed by atoms with Crippen LogP contribution in [0.4, 0.5) is 0 Å². The first-order valence-corrected chi connectivity index (χ1v) is 6.49. The van der Waals surface area contributed by atoms with Crippen molar-refractivity contribution in [3.63, 3.8) is 0 Å². The van der Waals surface area contributed by atoms with Crippen LogP contribution < -0.4 is 5.32 Å². The molecule has 92 valence electrons. The summed E-state index contributed by atoms with van der Waals surface area (Å²) in [6, 6.07) is 0. The maximum absolute atomic E-state index is 11.7. The van der Waals surface area contributed by atoms with Gasteiger partial charge in [-0.15, -0.1) is 5.10 Å². The average molecular weight is 234 g/mol. The van der Waals surface area contributed by atoms with Gasteiger partial charge in [-0.1, -0.05) is 11.6 Å². The SMILES string of the molecule is O=C(NCC1CC1)c1cn(CC2CCC2)nn1. The number of hydrogen-bond acceptors (Lipinski definition) is 3. The number of nitrogens with one attached hydrogen (secondary N) is 1. The molecule has 2 aliphatic rings. The van der Waals surface area contributed by atoms with Crippen LogP contribution in [0.2, 0.25) is 0 Å². The van der Waals surface area contributed by atoms with E-state index in [1.165, 1.54) is 32.1 Å². The Labute approximate surface area is 101 Å². The minimum Gasteiger partial charge on any atom is -0.350 e. The number of nitrogens with zero attached hydrogens (tertiary/aromatic N) is 3. The van der Waals surface area contributed by atoms with E-state index in [0.717, 1.165) is 19.0 Å². The van der Waals surface area contributed by atoms with Crippen molar-refractivity contribution in [2.24, 2.45) is 11.8 Å². The molecule has 17 heavy (non-hydrogen) atoms. The van der Waals surface area contributed by atoms with E-state index in [1.807, 2.05) is 0 Å². The van der Waals surface area contributed by atoms with Crippen LogP contribution in [0, 0.1) is 11.8 Å². The summed E-state index contributed by atoms with van der Waals surface area (Å²) < 4.78 is 1.80. The summed E-state index contributed by atoms with van der Waals surface area (Å²) in [5.74, 6) is 1.35. The Morgan fingerprint density at radius 1 is 1.35 bits per heavy atom. The van der Waals surface area contributed by atoms with Crippen LogP contribution in [0.25, 0.3) is 0 Å². The Morgan fingerprint density at radius 2 is 2.18 bits per heavy atom. The van der Waals surface area contributed by atoms with Crippen molar-refractivity contribution in [1.29, 1.82) is 0 Å². The molecule has 5 nitrogen and oxygen atoms in total. The maximum atomic E-state index is 11.7. The van der Waals surface area contributed by atoms with Crippen molar-refractivity contribution in [3.8, 4) is 0 Å². The Bertz CT molecular complexity index is 406. The van der Waals surface area contributed by atoms with Crippen LogP contribution in [-0.4, -0.2) is 27.4 Å². The monoisotopic (exact) mass is 234 g/mol. The van der Waals surface area contributed by atoms with E-state index in [1.54, 1.807) is 10.9 Å². The average Bonchev–Trinajstić information content (AvgIpc) is 2.98. The highest BCUT2D eigenvalue weighted by Gasteiger charge is 2.23. The van der Waals surface area contributed by atoms with Crippen molar-refractivity contribution in [2.45, 2.75) is 38.6 Å². The van der Waals surface area contributed by atoms with Crippen molar-refractivity contribution < 1.29 is 4.79 Å². The van der Waals surface area contributed by atoms with Crippen molar-refractivity contribution >= 4 is 5.91 Å². The topological polar surface area (TPSA) is 59.8 Å². The van der Waals surface area contributed by atoms with Crippen molar-refractivity contribution in [2.75, 3.05) is 6.54 Å². The summed E-state index contributed by atoms with van der Waals surface area (Å²) in [7, 11) is 0. The Hall–Kier alpha value is -1.39. The normalized spacial score (nSPS) is 20.0. The Balaban J connectivity index is 1.52. The predicted molar refractivity (Wildman–Crippen MR) is 62.4 cm³/mol. The molecule has 0 unspecified atom stereocenters. The Morgan fingerprint density at radius 3 is 2.82 bits per heavy atom. The summed E-state index contributed by atoms with van der Waals surface area (Å²) in [6.07, 6.45) is 8.14. The minimum absolute atomic E-state index is 0.0863. The van der Waals surface area contributed by atoms with Crippen molar-refractivity contribution in [1.82, 2.24) is 20.3 Å². The van der Waals surface area contributed by atoms with Gasteiger partial charge in [0.2, 0.25) is 0 Å². The zero-order chi connectivity index (χ0) is 11.7. The molecule has 0 aliphatic heterocycles. The molecule has 5 heteroatoms. The van der Waals surface area contributed by atoms with Gasteiger partial charge in [-0.25, -0.2) is 0 Å². The van der Waals surface area contributed by atoms with E-state index in [9.17, 15) is 4.79 Å². The van der Waals surface area contributed by atoms with Crippen LogP contribution >= 0.6 is 0 Å². The second-order valence-electron chi connectivity index (χ2n) is 5.28. The van der Waals surface area contributed by atoms with E-state index in [0.29, 0.717) is 11.6 Å². The van der Waals surface area contributed by atoms with Gasteiger partial charge < -0.3 is 5.32 Å². The third kappa shape index (κ3) is 2.65. The van der Waals surface area contributed by atoms with Gasteiger partial charge in [-0.3, -0.25) is 9.48 Å². The van der Waals surface area contributed by atoms with Gasteiger partial charge in [0.25, 0.3) is 5.91 Å². The van der Waals surface area contributed by atoms with Gasteiger partial charge in [-0.05, 0) is 37.5 Å². The zero-order valence-corrected chi connectivity index (χ0v) is 9.93. The molecular weight excluding hydrogens is 216 g/mol. The second-order valence-corrected chi connectivity index (χ2v) is 5.28. The van der Waals surface area contributed by atoms with E-state index < -0.39 is 0 Å². The molecule has 0 spiro atoms. The lowest BCUT2D eigenvalue weighted by Crippen LogP contribution is -2.25. The molecule has 0 atom stereocenters. The first-order valence-electron chi connectivity index (χ1n) is 6.49. The molecule has 0 bridgehead atoms. The standard InChI is InChI=1S/C12H18N4O/c17-12(13-6-9-4-5-9)11-8-16(15-14-11)7-10-2-1-3-10/h8-10H,1-7H2,(H,13,17). The van der Waals surface area contributed by atoms with Crippen molar-refractivity contribution in [3.05, 3.63) is 11.9 Å². The molecule has 1 amide bonds.